The molecule has 0 unspecified atom stereocenters. The average molecular weight is 380 g/mol. The summed E-state index contributed by atoms with van der Waals surface area (Å²) in [6.45, 7) is 0.00667. The third kappa shape index (κ3) is 3.10. The summed E-state index contributed by atoms with van der Waals surface area (Å²) in [5, 5.41) is 0. The number of aryl methyl sites for hydroxylation is 1. The molecule has 1 fully saturated rings. The number of hydrogen-bond acceptors (Lipinski definition) is 4. The molecule has 146 valence electrons. The number of aromatic nitrogens is 4. The van der Waals surface area contributed by atoms with E-state index < -0.39 is 11.2 Å². The Labute approximate surface area is 162 Å². The van der Waals surface area contributed by atoms with Crippen molar-refractivity contribution in [1.82, 2.24) is 18.7 Å². The van der Waals surface area contributed by atoms with E-state index in [1.165, 1.54) is 60.2 Å². The summed E-state index contributed by atoms with van der Waals surface area (Å²) >= 11 is 0. The minimum absolute atomic E-state index is 0.00667. The first-order valence-corrected chi connectivity index (χ1v) is 9.71. The predicted molar refractivity (Wildman–Crippen MR) is 107 cm³/mol. The van der Waals surface area contributed by atoms with Gasteiger partial charge < -0.3 is 4.57 Å². The monoisotopic (exact) mass is 380 g/mol. The van der Waals surface area contributed by atoms with Crippen LogP contribution in [0.4, 0.5) is 0 Å². The summed E-state index contributed by atoms with van der Waals surface area (Å²) < 4.78 is 3.87. The SMILES string of the molecule is Cn1c(=O)c2c(ncn2CC(=O)c2ccc(C3CCCCC3)cc2)n(C)c1=O. The van der Waals surface area contributed by atoms with Crippen molar-refractivity contribution < 1.29 is 4.79 Å². The summed E-state index contributed by atoms with van der Waals surface area (Å²) in [7, 11) is 2.99. The van der Waals surface area contributed by atoms with Crippen LogP contribution in [0.25, 0.3) is 11.2 Å². The molecule has 0 amide bonds. The van der Waals surface area contributed by atoms with Gasteiger partial charge in [-0.1, -0.05) is 43.5 Å². The van der Waals surface area contributed by atoms with E-state index >= 15 is 0 Å². The lowest BCUT2D eigenvalue weighted by molar-refractivity contribution is 0.0973. The van der Waals surface area contributed by atoms with E-state index in [-0.39, 0.29) is 23.5 Å². The van der Waals surface area contributed by atoms with Gasteiger partial charge >= 0.3 is 5.69 Å². The number of ketones is 1. The first-order valence-electron chi connectivity index (χ1n) is 9.71. The quantitative estimate of drug-likeness (QED) is 0.651. The van der Waals surface area contributed by atoms with Gasteiger partial charge in [0.2, 0.25) is 0 Å². The highest BCUT2D eigenvalue weighted by atomic mass is 16.2. The van der Waals surface area contributed by atoms with E-state index in [1.54, 1.807) is 7.05 Å². The molecule has 7 heteroatoms. The Balaban J connectivity index is 1.60. The number of rotatable bonds is 4. The van der Waals surface area contributed by atoms with Gasteiger partial charge in [0.15, 0.2) is 16.9 Å². The molecule has 1 aliphatic carbocycles. The molecule has 0 spiro atoms. The Morgan fingerprint density at radius 2 is 1.71 bits per heavy atom. The number of carbonyl (C=O) groups excluding carboxylic acids is 1. The predicted octanol–water partition coefficient (Wildman–Crippen LogP) is 2.36. The van der Waals surface area contributed by atoms with Gasteiger partial charge in [0.1, 0.15) is 0 Å². The zero-order valence-corrected chi connectivity index (χ0v) is 16.2. The maximum Gasteiger partial charge on any atom is 0.332 e. The summed E-state index contributed by atoms with van der Waals surface area (Å²) in [6.07, 6.45) is 7.75. The minimum atomic E-state index is -0.448. The number of imidazole rings is 1. The van der Waals surface area contributed by atoms with E-state index in [1.807, 2.05) is 12.1 Å². The topological polar surface area (TPSA) is 78.9 Å². The number of nitrogens with zero attached hydrogens (tertiary/aromatic N) is 4. The van der Waals surface area contributed by atoms with Crippen LogP contribution in [0.15, 0.2) is 40.2 Å². The molecule has 0 bridgehead atoms. The fourth-order valence-corrected chi connectivity index (χ4v) is 4.14. The molecule has 2 aromatic heterocycles. The first-order chi connectivity index (χ1) is 13.5. The third-order valence-electron chi connectivity index (χ3n) is 5.84. The van der Waals surface area contributed by atoms with Crippen LogP contribution in [0, 0.1) is 0 Å². The number of hydrogen-bond donors (Lipinski definition) is 0. The Hall–Kier alpha value is -2.96. The molecule has 1 aromatic carbocycles. The molecule has 4 rings (SSSR count). The fourth-order valence-electron chi connectivity index (χ4n) is 4.14. The highest BCUT2D eigenvalue weighted by molar-refractivity contribution is 5.96. The summed E-state index contributed by atoms with van der Waals surface area (Å²) in [5.41, 5.74) is 1.57. The zero-order valence-electron chi connectivity index (χ0n) is 16.2. The molecule has 0 saturated heterocycles. The van der Waals surface area contributed by atoms with Crippen LogP contribution in [0.1, 0.15) is 53.9 Å². The maximum atomic E-state index is 12.8. The summed E-state index contributed by atoms with van der Waals surface area (Å²) in [6, 6.07) is 7.86. The van der Waals surface area contributed by atoms with Gasteiger partial charge in [0, 0.05) is 19.7 Å². The van der Waals surface area contributed by atoms with Crippen molar-refractivity contribution >= 4 is 16.9 Å². The van der Waals surface area contributed by atoms with Crippen molar-refractivity contribution in [3.8, 4) is 0 Å². The number of benzene rings is 1. The maximum absolute atomic E-state index is 12.8. The Morgan fingerprint density at radius 3 is 2.39 bits per heavy atom. The second-order valence-electron chi connectivity index (χ2n) is 7.63. The lowest BCUT2D eigenvalue weighted by Gasteiger charge is -2.22. The number of Topliss-reactive ketones (excluding diaryl/α,β-unsaturated/α-hetero) is 1. The Kier molecular flexibility index (Phi) is 4.75. The smallest absolute Gasteiger partial charge is 0.317 e. The summed E-state index contributed by atoms with van der Waals surface area (Å²) in [5.74, 6) is 0.505. The number of fused-ring (bicyclic) bond motifs is 1. The van der Waals surface area contributed by atoms with Crippen LogP contribution in [-0.4, -0.2) is 24.5 Å². The van der Waals surface area contributed by atoms with E-state index in [0.29, 0.717) is 11.5 Å². The number of carbonyl (C=O) groups is 1. The van der Waals surface area contributed by atoms with Crippen LogP contribution in [-0.2, 0) is 20.6 Å². The van der Waals surface area contributed by atoms with Crippen molar-refractivity contribution in [2.24, 2.45) is 14.1 Å². The molecule has 3 aromatic rings. The molecule has 28 heavy (non-hydrogen) atoms. The molecular formula is C21H24N4O3. The van der Waals surface area contributed by atoms with E-state index in [9.17, 15) is 14.4 Å². The molecule has 2 heterocycles. The third-order valence-corrected chi connectivity index (χ3v) is 5.84. The molecule has 0 atom stereocenters. The van der Waals surface area contributed by atoms with Crippen LogP contribution in [0.2, 0.25) is 0 Å². The Bertz CT molecular complexity index is 1150. The zero-order chi connectivity index (χ0) is 19.8. The van der Waals surface area contributed by atoms with Gasteiger partial charge in [0.25, 0.3) is 5.56 Å². The average Bonchev–Trinajstić information content (AvgIpc) is 3.15. The second-order valence-corrected chi connectivity index (χ2v) is 7.63. The van der Waals surface area contributed by atoms with Crippen molar-refractivity contribution in [3.05, 3.63) is 62.6 Å². The van der Waals surface area contributed by atoms with E-state index in [0.717, 1.165) is 4.57 Å². The van der Waals surface area contributed by atoms with Gasteiger partial charge in [-0.15, -0.1) is 0 Å². The first kappa shape index (κ1) is 18.4. The van der Waals surface area contributed by atoms with Gasteiger partial charge in [-0.05, 0) is 24.3 Å². The molecule has 7 nitrogen and oxygen atoms in total. The highest BCUT2D eigenvalue weighted by Crippen LogP contribution is 2.32. The highest BCUT2D eigenvalue weighted by Gasteiger charge is 2.18. The normalized spacial score (nSPS) is 15.2. The summed E-state index contributed by atoms with van der Waals surface area (Å²) in [4.78, 5) is 41.5. The van der Waals surface area contributed by atoms with Crippen LogP contribution >= 0.6 is 0 Å². The fraction of sp³-hybridized carbons (Fsp3) is 0.429. The molecule has 0 aliphatic heterocycles. The second kappa shape index (κ2) is 7.22. The largest absolute Gasteiger partial charge is 0.332 e. The molecular weight excluding hydrogens is 356 g/mol. The standard InChI is InChI=1S/C21H24N4O3/c1-23-19-18(20(27)24(2)21(23)28)25(13-22-19)12-17(26)16-10-8-15(9-11-16)14-6-4-3-5-7-14/h8-11,13-14H,3-7,12H2,1-2H3. The lowest BCUT2D eigenvalue weighted by atomic mass is 9.84. The van der Waals surface area contributed by atoms with Crippen LogP contribution in [0.3, 0.4) is 0 Å². The van der Waals surface area contributed by atoms with Gasteiger partial charge in [-0.25, -0.2) is 9.78 Å². The lowest BCUT2D eigenvalue weighted by Crippen LogP contribution is -2.37. The van der Waals surface area contributed by atoms with Gasteiger partial charge in [0.05, 0.1) is 12.9 Å². The van der Waals surface area contributed by atoms with Crippen LogP contribution in [0.5, 0.6) is 0 Å². The van der Waals surface area contributed by atoms with E-state index in [4.69, 9.17) is 0 Å². The molecule has 1 saturated carbocycles. The van der Waals surface area contributed by atoms with Gasteiger partial charge in [-0.2, -0.15) is 0 Å². The van der Waals surface area contributed by atoms with Crippen molar-refractivity contribution in [2.45, 2.75) is 44.6 Å². The minimum Gasteiger partial charge on any atom is -0.317 e. The molecule has 1 aliphatic rings. The molecule has 0 N–H and O–H groups in total. The molecule has 0 radical (unpaired) electrons. The van der Waals surface area contributed by atoms with Crippen molar-refractivity contribution in [2.75, 3.05) is 0 Å². The van der Waals surface area contributed by atoms with Crippen molar-refractivity contribution in [1.29, 1.82) is 0 Å². The Morgan fingerprint density at radius 1 is 1.04 bits per heavy atom. The van der Waals surface area contributed by atoms with Crippen molar-refractivity contribution in [3.63, 3.8) is 0 Å². The van der Waals surface area contributed by atoms with E-state index in [2.05, 4.69) is 17.1 Å². The van der Waals surface area contributed by atoms with Crippen LogP contribution < -0.4 is 11.2 Å². The van der Waals surface area contributed by atoms with Gasteiger partial charge in [-0.3, -0.25) is 18.7 Å².